The normalized spacial score (nSPS) is 27.5. The summed E-state index contributed by atoms with van der Waals surface area (Å²) in [5, 5.41) is 14.6. The van der Waals surface area contributed by atoms with Crippen molar-refractivity contribution in [2.45, 2.75) is 73.8 Å². The minimum absolute atomic E-state index is 0.0494. The van der Waals surface area contributed by atoms with Gasteiger partial charge in [0.25, 0.3) is 15.7 Å². The molecule has 2 aromatic rings. The molecule has 12 nitrogen and oxygen atoms in total. The Kier molecular flexibility index (Phi) is 9.45. The van der Waals surface area contributed by atoms with Gasteiger partial charge in [-0.25, -0.2) is 12.8 Å². The molecule has 3 N–H and O–H groups in total. The summed E-state index contributed by atoms with van der Waals surface area (Å²) in [5.74, 6) is -4.71. The molecular weight excluding hydrogens is 656 g/mol. The molecule has 17 heteroatoms. The van der Waals surface area contributed by atoms with E-state index in [0.29, 0.717) is 31.7 Å². The Hall–Kier alpha value is -3.96. The molecule has 1 saturated heterocycles. The first-order chi connectivity index (χ1) is 22.0. The maximum atomic E-state index is 15.0. The highest BCUT2D eigenvalue weighted by atomic mass is 32.2. The molecule has 3 fully saturated rings. The van der Waals surface area contributed by atoms with Crippen molar-refractivity contribution in [3.63, 3.8) is 0 Å². The standard InChI is InChI=1S/C30H32F4N2O10S/c1-29(28(39)40)8-6-16(7-9-29)46-22-11-18(21(43-2)13-20(22)31)26(37)36-24-19(12-23-25(24)45-14-44-23)27(38)35-15-4-3-5-17(10-15)47(41,42)30(32,33)34/h3-5,10-11,13,16,19,23-25H,6-9,12,14H2,1-2H3,(H,35,38)(H,36,37)(H,39,40)/t16?,19-,23-,24-,25-,29?/m0/s1. The summed E-state index contributed by atoms with van der Waals surface area (Å²) in [7, 11) is -4.45. The van der Waals surface area contributed by atoms with Crippen LogP contribution in [0, 0.1) is 17.2 Å². The number of fused-ring (bicyclic) bond motifs is 1. The molecule has 2 aliphatic carbocycles. The van der Waals surface area contributed by atoms with Gasteiger partial charge in [-0.15, -0.1) is 0 Å². The minimum Gasteiger partial charge on any atom is -0.496 e. The molecule has 1 heterocycles. The van der Waals surface area contributed by atoms with Gasteiger partial charge in [0.15, 0.2) is 11.6 Å². The first-order valence-electron chi connectivity index (χ1n) is 14.6. The topological polar surface area (TPSA) is 167 Å². The van der Waals surface area contributed by atoms with Gasteiger partial charge in [-0.1, -0.05) is 6.07 Å². The van der Waals surface area contributed by atoms with E-state index in [-0.39, 0.29) is 36.0 Å². The van der Waals surface area contributed by atoms with E-state index in [1.54, 1.807) is 6.92 Å². The van der Waals surface area contributed by atoms with E-state index < -0.39 is 79.5 Å². The molecule has 3 aliphatic rings. The fourth-order valence-electron chi connectivity index (χ4n) is 6.07. The number of ether oxygens (including phenoxy) is 4. The van der Waals surface area contributed by atoms with Crippen LogP contribution in [0.2, 0.25) is 0 Å². The van der Waals surface area contributed by atoms with Crippen LogP contribution in [0.25, 0.3) is 0 Å². The maximum Gasteiger partial charge on any atom is 0.501 e. The number of alkyl halides is 3. The zero-order valence-electron chi connectivity index (χ0n) is 25.1. The van der Waals surface area contributed by atoms with E-state index in [0.717, 1.165) is 24.3 Å². The number of methoxy groups -OCH3 is 1. The fourth-order valence-corrected chi connectivity index (χ4v) is 6.88. The Morgan fingerprint density at radius 2 is 1.77 bits per heavy atom. The predicted molar refractivity (Wildman–Crippen MR) is 154 cm³/mol. The second-order valence-corrected chi connectivity index (χ2v) is 13.9. The van der Waals surface area contributed by atoms with E-state index in [9.17, 15) is 41.1 Å². The molecule has 4 atom stereocenters. The number of anilines is 1. The van der Waals surface area contributed by atoms with Gasteiger partial charge in [0.1, 0.15) is 18.6 Å². The fraction of sp³-hybridized carbons (Fsp3) is 0.500. The van der Waals surface area contributed by atoms with Crippen molar-refractivity contribution in [1.29, 1.82) is 0 Å². The number of carbonyl (C=O) groups is 3. The van der Waals surface area contributed by atoms with Crippen LogP contribution in [-0.2, 0) is 28.9 Å². The molecule has 0 radical (unpaired) electrons. The van der Waals surface area contributed by atoms with Crippen LogP contribution in [0.1, 0.15) is 49.4 Å². The number of carbonyl (C=O) groups excluding carboxylic acids is 2. The third-order valence-corrected chi connectivity index (χ3v) is 10.4. The smallest absolute Gasteiger partial charge is 0.496 e. The van der Waals surface area contributed by atoms with Gasteiger partial charge < -0.3 is 34.7 Å². The Bertz CT molecular complexity index is 1660. The Balaban J connectivity index is 1.34. The summed E-state index contributed by atoms with van der Waals surface area (Å²) in [6.07, 6.45) is -0.538. The van der Waals surface area contributed by atoms with Gasteiger partial charge in [-0.2, -0.15) is 13.2 Å². The summed E-state index contributed by atoms with van der Waals surface area (Å²) in [4.78, 5) is 37.5. The third-order valence-electron chi connectivity index (χ3n) is 8.88. The quantitative estimate of drug-likeness (QED) is 0.328. The summed E-state index contributed by atoms with van der Waals surface area (Å²) in [5.41, 5.74) is -6.83. The van der Waals surface area contributed by atoms with E-state index >= 15 is 4.39 Å². The predicted octanol–water partition coefficient (Wildman–Crippen LogP) is 4.04. The first-order valence-corrected chi connectivity index (χ1v) is 16.1. The van der Waals surface area contributed by atoms with Gasteiger partial charge in [0, 0.05) is 11.8 Å². The van der Waals surface area contributed by atoms with Gasteiger partial charge >= 0.3 is 11.5 Å². The molecule has 2 saturated carbocycles. The van der Waals surface area contributed by atoms with E-state index in [1.807, 2.05) is 0 Å². The van der Waals surface area contributed by atoms with Crippen molar-refractivity contribution in [2.24, 2.45) is 11.3 Å². The molecule has 0 bridgehead atoms. The van der Waals surface area contributed by atoms with Gasteiger partial charge in [-0.3, -0.25) is 14.4 Å². The molecule has 2 amide bonds. The summed E-state index contributed by atoms with van der Waals surface area (Å²) in [6, 6.07) is 4.77. The number of benzene rings is 2. The lowest BCUT2D eigenvalue weighted by Crippen LogP contribution is -2.48. The van der Waals surface area contributed by atoms with E-state index in [1.165, 1.54) is 13.2 Å². The molecule has 0 spiro atoms. The summed E-state index contributed by atoms with van der Waals surface area (Å²) >= 11 is 0. The van der Waals surface area contributed by atoms with Crippen molar-refractivity contribution in [2.75, 3.05) is 19.2 Å². The molecule has 2 aromatic carbocycles. The molecule has 47 heavy (non-hydrogen) atoms. The van der Waals surface area contributed by atoms with Crippen LogP contribution >= 0.6 is 0 Å². The van der Waals surface area contributed by atoms with Crippen molar-refractivity contribution in [3.8, 4) is 11.5 Å². The third kappa shape index (κ3) is 6.87. The van der Waals surface area contributed by atoms with Crippen molar-refractivity contribution in [1.82, 2.24) is 5.32 Å². The average Bonchev–Trinajstić information content (AvgIpc) is 3.61. The summed E-state index contributed by atoms with van der Waals surface area (Å²) < 4.78 is 100. The van der Waals surface area contributed by atoms with Crippen molar-refractivity contribution in [3.05, 3.63) is 47.8 Å². The monoisotopic (exact) mass is 688 g/mol. The molecule has 0 aromatic heterocycles. The van der Waals surface area contributed by atoms with Gasteiger partial charge in [0.05, 0.1) is 47.2 Å². The van der Waals surface area contributed by atoms with Crippen LogP contribution in [-0.4, -0.2) is 75.1 Å². The number of sulfone groups is 1. The summed E-state index contributed by atoms with van der Waals surface area (Å²) in [6.45, 7) is 1.52. The number of nitrogens with one attached hydrogen (secondary N) is 2. The second kappa shape index (κ2) is 12.9. The number of carboxylic acid groups (broad SMARTS) is 1. The Morgan fingerprint density at radius 1 is 1.06 bits per heavy atom. The molecular formula is C30H32F4N2O10S. The number of amides is 2. The van der Waals surface area contributed by atoms with Crippen LogP contribution in [0.4, 0.5) is 23.2 Å². The van der Waals surface area contributed by atoms with Crippen LogP contribution in [0.5, 0.6) is 11.5 Å². The lowest BCUT2D eigenvalue weighted by Gasteiger charge is -2.34. The highest BCUT2D eigenvalue weighted by Gasteiger charge is 2.52. The number of carboxylic acids is 1. The zero-order chi connectivity index (χ0) is 34.3. The number of rotatable bonds is 9. The lowest BCUT2D eigenvalue weighted by molar-refractivity contribution is -0.150. The van der Waals surface area contributed by atoms with Gasteiger partial charge in [0.2, 0.25) is 5.91 Å². The highest BCUT2D eigenvalue weighted by Crippen LogP contribution is 2.40. The molecule has 0 unspecified atom stereocenters. The number of aliphatic carboxylic acids is 1. The number of hydrogen-bond acceptors (Lipinski definition) is 9. The maximum absolute atomic E-state index is 15.0. The first kappa shape index (κ1) is 34.4. The Morgan fingerprint density at radius 3 is 2.40 bits per heavy atom. The second-order valence-electron chi connectivity index (χ2n) is 11.9. The van der Waals surface area contributed by atoms with Gasteiger partial charge in [-0.05, 0) is 63.3 Å². The largest absolute Gasteiger partial charge is 0.501 e. The molecule has 5 rings (SSSR count). The minimum atomic E-state index is -5.68. The lowest BCUT2D eigenvalue weighted by atomic mass is 9.75. The van der Waals surface area contributed by atoms with Crippen molar-refractivity contribution >= 4 is 33.3 Å². The zero-order valence-corrected chi connectivity index (χ0v) is 26.0. The van der Waals surface area contributed by atoms with Crippen LogP contribution < -0.4 is 20.1 Å². The van der Waals surface area contributed by atoms with Crippen LogP contribution in [0.3, 0.4) is 0 Å². The number of halogens is 4. The SMILES string of the molecule is COc1cc(F)c(OC2CCC(C)(C(=O)O)CC2)cc1C(=O)N[C@@H]1[C@H]2OCO[C@H]2C[C@@H]1C(=O)Nc1cccc(S(=O)(=O)C(F)(F)F)c1. The molecule has 256 valence electrons. The van der Waals surface area contributed by atoms with Crippen molar-refractivity contribution < 1.29 is 64.4 Å². The number of hydrogen-bond donors (Lipinski definition) is 3. The molecule has 1 aliphatic heterocycles. The Labute approximate surface area is 266 Å². The van der Waals surface area contributed by atoms with Crippen LogP contribution in [0.15, 0.2) is 41.3 Å². The van der Waals surface area contributed by atoms with E-state index in [2.05, 4.69) is 10.6 Å². The highest BCUT2D eigenvalue weighted by molar-refractivity contribution is 7.92. The average molecular weight is 689 g/mol. The van der Waals surface area contributed by atoms with E-state index in [4.69, 9.17) is 18.9 Å².